The molecule has 1 fully saturated rings. The molecule has 0 unspecified atom stereocenters. The maximum atomic E-state index is 5.29. The van der Waals surface area contributed by atoms with Crippen molar-refractivity contribution in [3.63, 3.8) is 0 Å². The Balaban J connectivity index is 2.25. The lowest BCUT2D eigenvalue weighted by atomic mass is 9.78. The molecule has 0 amide bonds. The highest BCUT2D eigenvalue weighted by Gasteiger charge is 2.27. The highest BCUT2D eigenvalue weighted by atomic mass is 32.1. The van der Waals surface area contributed by atoms with Crippen molar-refractivity contribution in [1.29, 1.82) is 0 Å². The van der Waals surface area contributed by atoms with Gasteiger partial charge >= 0.3 is 0 Å². The molecule has 0 aromatic rings. The molecule has 0 heterocycles. The summed E-state index contributed by atoms with van der Waals surface area (Å²) in [5, 5.41) is 7.66. The molecule has 1 aliphatic carbocycles. The first-order valence-corrected chi connectivity index (χ1v) is 7.96. The fourth-order valence-electron chi connectivity index (χ4n) is 2.39. The lowest BCUT2D eigenvalue weighted by Crippen LogP contribution is -2.54. The number of hydrogen-bond donors (Lipinski definition) is 4. The Morgan fingerprint density at radius 3 is 2.47 bits per heavy atom. The number of hydrogen-bond acceptors (Lipinski definition) is 2. The maximum absolute atomic E-state index is 5.29. The van der Waals surface area contributed by atoms with Gasteiger partial charge in [0.05, 0.1) is 0 Å². The van der Waals surface area contributed by atoms with Crippen LogP contribution in [0.5, 0.6) is 0 Å². The van der Waals surface area contributed by atoms with Crippen molar-refractivity contribution in [3.05, 3.63) is 0 Å². The first-order valence-electron chi connectivity index (χ1n) is 7.15. The van der Waals surface area contributed by atoms with Gasteiger partial charge in [0.2, 0.25) is 0 Å². The molecule has 1 aliphatic rings. The third kappa shape index (κ3) is 5.91. The van der Waals surface area contributed by atoms with Crippen LogP contribution in [0.3, 0.4) is 0 Å². The van der Waals surface area contributed by atoms with Gasteiger partial charge in [-0.05, 0) is 49.1 Å². The van der Waals surface area contributed by atoms with E-state index in [-0.39, 0.29) is 0 Å². The van der Waals surface area contributed by atoms with Crippen molar-refractivity contribution in [2.45, 2.75) is 52.5 Å². The van der Waals surface area contributed by atoms with E-state index in [2.05, 4.69) is 42.3 Å². The lowest BCUT2D eigenvalue weighted by molar-refractivity contribution is 0.224. The van der Waals surface area contributed by atoms with Crippen molar-refractivity contribution < 1.29 is 0 Å². The maximum Gasteiger partial charge on any atom is 0.185 e. The molecule has 19 heavy (non-hydrogen) atoms. The summed E-state index contributed by atoms with van der Waals surface area (Å²) in [4.78, 5) is 0. The van der Waals surface area contributed by atoms with Gasteiger partial charge in [-0.25, -0.2) is 0 Å². The molecule has 1 rings (SSSR count). The minimum atomic E-state index is 0.461. The van der Waals surface area contributed by atoms with Gasteiger partial charge in [0.25, 0.3) is 0 Å². The summed E-state index contributed by atoms with van der Waals surface area (Å²) in [6.45, 7) is 7.58. The SMILES string of the molecule is CCCNC(=S)NNC(=S)N[C@H]1CCC[C@@H](C)[C@@H]1C. The fraction of sp³-hybridized carbons (Fsp3) is 0.846. The molecule has 4 N–H and O–H groups in total. The summed E-state index contributed by atoms with van der Waals surface area (Å²) in [7, 11) is 0. The Labute approximate surface area is 127 Å². The van der Waals surface area contributed by atoms with E-state index in [1.54, 1.807) is 0 Å². The molecule has 3 atom stereocenters. The Bertz CT molecular complexity index is 309. The highest BCUT2D eigenvalue weighted by molar-refractivity contribution is 7.80. The summed E-state index contributed by atoms with van der Waals surface area (Å²) in [5.74, 6) is 1.41. The quantitative estimate of drug-likeness (QED) is 0.473. The number of hydrazine groups is 1. The summed E-state index contributed by atoms with van der Waals surface area (Å²) in [6, 6.07) is 0.461. The normalized spacial score (nSPS) is 26.4. The monoisotopic (exact) mass is 302 g/mol. The molecular formula is C13H26N4S2. The predicted octanol–water partition coefficient (Wildman–Crippen LogP) is 2.06. The Morgan fingerprint density at radius 1 is 1.11 bits per heavy atom. The van der Waals surface area contributed by atoms with Crippen molar-refractivity contribution in [1.82, 2.24) is 21.5 Å². The van der Waals surface area contributed by atoms with E-state index in [0.29, 0.717) is 22.2 Å². The number of nitrogens with one attached hydrogen (secondary N) is 4. The van der Waals surface area contributed by atoms with Crippen LogP contribution in [0.2, 0.25) is 0 Å². The molecule has 0 aromatic heterocycles. The van der Waals surface area contributed by atoms with Crippen molar-refractivity contribution in [3.8, 4) is 0 Å². The third-order valence-corrected chi connectivity index (χ3v) is 4.31. The van der Waals surface area contributed by atoms with Gasteiger partial charge < -0.3 is 10.6 Å². The Morgan fingerprint density at radius 2 is 1.79 bits per heavy atom. The van der Waals surface area contributed by atoms with Crippen LogP contribution in [-0.2, 0) is 0 Å². The second kappa shape index (κ2) is 8.53. The van der Waals surface area contributed by atoms with Crippen LogP contribution in [-0.4, -0.2) is 22.8 Å². The number of thiocarbonyl (C=S) groups is 2. The summed E-state index contributed by atoms with van der Waals surface area (Å²) >= 11 is 10.4. The van der Waals surface area contributed by atoms with Crippen LogP contribution < -0.4 is 21.5 Å². The molecule has 1 saturated carbocycles. The van der Waals surface area contributed by atoms with Crippen molar-refractivity contribution in [2.75, 3.05) is 6.54 Å². The van der Waals surface area contributed by atoms with Gasteiger partial charge in [0.15, 0.2) is 10.2 Å². The topological polar surface area (TPSA) is 48.1 Å². The Hall–Kier alpha value is -0.620. The average molecular weight is 303 g/mol. The summed E-state index contributed by atoms with van der Waals surface area (Å²) in [5.41, 5.74) is 5.84. The van der Waals surface area contributed by atoms with Gasteiger partial charge in [-0.2, -0.15) is 0 Å². The molecule has 6 heteroatoms. The molecule has 0 spiro atoms. The molecule has 0 aromatic carbocycles. The standard InChI is InChI=1S/C13H26N4S2/c1-4-8-14-12(18)16-17-13(19)15-11-7-5-6-9(2)10(11)3/h9-11H,4-8H2,1-3H3,(H2,14,16,18)(H2,15,17,19)/t9-,10+,11+/m1/s1. The Kier molecular flexibility index (Phi) is 7.38. The fourth-order valence-corrected chi connectivity index (χ4v) is 2.74. The van der Waals surface area contributed by atoms with Crippen LogP contribution in [0.15, 0.2) is 0 Å². The van der Waals surface area contributed by atoms with Crippen LogP contribution in [0.4, 0.5) is 0 Å². The number of rotatable bonds is 3. The van der Waals surface area contributed by atoms with E-state index in [1.165, 1.54) is 19.3 Å². The molecule has 0 aliphatic heterocycles. The molecule has 0 saturated heterocycles. The van der Waals surface area contributed by atoms with Crippen LogP contribution in [0.25, 0.3) is 0 Å². The molecule has 0 bridgehead atoms. The molecular weight excluding hydrogens is 276 g/mol. The smallest absolute Gasteiger partial charge is 0.185 e. The van der Waals surface area contributed by atoms with E-state index in [9.17, 15) is 0 Å². The van der Waals surface area contributed by atoms with E-state index in [1.807, 2.05) is 0 Å². The van der Waals surface area contributed by atoms with Gasteiger partial charge in [-0.3, -0.25) is 10.9 Å². The van der Waals surface area contributed by atoms with Gasteiger partial charge in [0, 0.05) is 12.6 Å². The zero-order valence-electron chi connectivity index (χ0n) is 12.1. The van der Waals surface area contributed by atoms with Crippen molar-refractivity contribution >= 4 is 34.7 Å². The van der Waals surface area contributed by atoms with E-state index in [0.717, 1.165) is 18.9 Å². The summed E-state index contributed by atoms with van der Waals surface area (Å²) < 4.78 is 0. The second-order valence-corrected chi connectivity index (χ2v) is 6.17. The van der Waals surface area contributed by atoms with Crippen LogP contribution >= 0.6 is 24.4 Å². The summed E-state index contributed by atoms with van der Waals surface area (Å²) in [6.07, 6.45) is 4.83. The molecule has 4 nitrogen and oxygen atoms in total. The largest absolute Gasteiger partial charge is 0.361 e. The van der Waals surface area contributed by atoms with Crippen LogP contribution in [0, 0.1) is 11.8 Å². The van der Waals surface area contributed by atoms with Gasteiger partial charge in [-0.15, -0.1) is 0 Å². The van der Waals surface area contributed by atoms with Gasteiger partial charge in [0.1, 0.15) is 0 Å². The zero-order chi connectivity index (χ0) is 14.3. The minimum absolute atomic E-state index is 0.461. The molecule has 110 valence electrons. The first-order chi connectivity index (χ1) is 9.04. The third-order valence-electron chi connectivity index (χ3n) is 3.85. The minimum Gasteiger partial charge on any atom is -0.361 e. The lowest BCUT2D eigenvalue weighted by Gasteiger charge is -2.35. The second-order valence-electron chi connectivity index (χ2n) is 5.35. The van der Waals surface area contributed by atoms with E-state index in [4.69, 9.17) is 24.4 Å². The van der Waals surface area contributed by atoms with E-state index >= 15 is 0 Å². The van der Waals surface area contributed by atoms with Gasteiger partial charge in [-0.1, -0.05) is 33.6 Å². The average Bonchev–Trinajstić information content (AvgIpc) is 2.39. The highest BCUT2D eigenvalue weighted by Crippen LogP contribution is 2.29. The van der Waals surface area contributed by atoms with Crippen molar-refractivity contribution in [2.24, 2.45) is 11.8 Å². The first kappa shape index (κ1) is 16.4. The van der Waals surface area contributed by atoms with E-state index < -0.39 is 0 Å². The zero-order valence-corrected chi connectivity index (χ0v) is 13.7. The molecule has 0 radical (unpaired) electrons. The predicted molar refractivity (Wildman–Crippen MR) is 88.9 cm³/mol. The van der Waals surface area contributed by atoms with Crippen LogP contribution in [0.1, 0.15) is 46.5 Å².